The maximum Gasteiger partial charge on any atom is 0.181 e. The van der Waals surface area contributed by atoms with Crippen LogP contribution >= 0.6 is 0 Å². The summed E-state index contributed by atoms with van der Waals surface area (Å²) in [6.45, 7) is 0. The number of aromatic nitrogens is 5. The zero-order valence-electron chi connectivity index (χ0n) is 12.2. The molecule has 6 nitrogen and oxygen atoms in total. The molecule has 4 rings (SSSR count). The van der Waals surface area contributed by atoms with Crippen molar-refractivity contribution in [2.75, 3.05) is 5.32 Å². The second-order valence-corrected chi connectivity index (χ2v) is 4.94. The number of halogens is 2. The molecule has 0 radical (unpaired) electrons. The van der Waals surface area contributed by atoms with Crippen molar-refractivity contribution in [1.82, 2.24) is 24.9 Å². The molecule has 0 spiro atoms. The summed E-state index contributed by atoms with van der Waals surface area (Å²) in [4.78, 5) is 19.5. The smallest absolute Gasteiger partial charge is 0.181 e. The van der Waals surface area contributed by atoms with Crippen molar-refractivity contribution in [1.29, 1.82) is 0 Å². The van der Waals surface area contributed by atoms with Gasteiger partial charge in [-0.05, 0) is 24.3 Å². The molecule has 0 fully saturated rings. The molecule has 3 heterocycles. The number of imidazole rings is 1. The lowest BCUT2D eigenvalue weighted by Gasteiger charge is -2.12. The number of H-pyrrole nitrogens is 1. The molecule has 2 N–H and O–H groups in total. The third kappa shape index (κ3) is 2.34. The molecule has 0 amide bonds. The summed E-state index contributed by atoms with van der Waals surface area (Å²) < 4.78 is 27.8. The minimum absolute atomic E-state index is 0.271. The van der Waals surface area contributed by atoms with Gasteiger partial charge in [-0.3, -0.25) is 0 Å². The van der Waals surface area contributed by atoms with E-state index in [1.165, 1.54) is 37.1 Å². The minimum Gasteiger partial charge on any atom is -0.341 e. The quantitative estimate of drug-likeness (QED) is 0.603. The van der Waals surface area contributed by atoms with Crippen LogP contribution in [0.3, 0.4) is 0 Å². The van der Waals surface area contributed by atoms with Gasteiger partial charge in [0.05, 0.1) is 6.33 Å². The minimum atomic E-state index is -0.707. The molecule has 0 aliphatic rings. The zero-order chi connectivity index (χ0) is 16.5. The Morgan fingerprint density at radius 2 is 1.75 bits per heavy atom. The van der Waals surface area contributed by atoms with Gasteiger partial charge in [-0.1, -0.05) is 6.07 Å². The van der Waals surface area contributed by atoms with E-state index in [2.05, 4.69) is 30.2 Å². The summed E-state index contributed by atoms with van der Waals surface area (Å²) in [5, 5.41) is 2.71. The monoisotopic (exact) mass is 324 g/mol. The lowest BCUT2D eigenvalue weighted by atomic mass is 10.1. The average Bonchev–Trinajstić information content (AvgIpc) is 3.07. The van der Waals surface area contributed by atoms with Crippen LogP contribution < -0.4 is 5.32 Å². The van der Waals surface area contributed by atoms with E-state index < -0.39 is 11.6 Å². The topological polar surface area (TPSA) is 79.4 Å². The first kappa shape index (κ1) is 14.2. The summed E-state index contributed by atoms with van der Waals surface area (Å²) in [7, 11) is 0. The van der Waals surface area contributed by atoms with Crippen LogP contribution in [0.5, 0.6) is 0 Å². The highest BCUT2D eigenvalue weighted by Gasteiger charge is 2.16. The summed E-state index contributed by atoms with van der Waals surface area (Å²) in [6.07, 6.45) is 4.40. The summed E-state index contributed by atoms with van der Waals surface area (Å²) >= 11 is 0. The van der Waals surface area contributed by atoms with Gasteiger partial charge in [0, 0.05) is 11.8 Å². The van der Waals surface area contributed by atoms with Crippen molar-refractivity contribution in [3.8, 4) is 11.3 Å². The van der Waals surface area contributed by atoms with E-state index in [9.17, 15) is 8.78 Å². The second kappa shape index (κ2) is 5.65. The number of fused-ring (bicyclic) bond motifs is 1. The Bertz CT molecular complexity index is 1010. The SMILES string of the molecule is Fc1cccc(F)c1Nc1ncccc1-c1ncnc2nc[nH]c12. The van der Waals surface area contributed by atoms with E-state index in [0.29, 0.717) is 22.4 Å². The van der Waals surface area contributed by atoms with Gasteiger partial charge in [-0.15, -0.1) is 0 Å². The Labute approximate surface area is 134 Å². The van der Waals surface area contributed by atoms with Crippen LogP contribution in [-0.2, 0) is 0 Å². The van der Waals surface area contributed by atoms with Crippen molar-refractivity contribution in [2.24, 2.45) is 0 Å². The van der Waals surface area contributed by atoms with E-state index >= 15 is 0 Å². The van der Waals surface area contributed by atoms with Gasteiger partial charge in [0.1, 0.15) is 40.7 Å². The predicted octanol–water partition coefficient (Wildman–Crippen LogP) is 3.44. The highest BCUT2D eigenvalue weighted by molar-refractivity contribution is 5.91. The van der Waals surface area contributed by atoms with Gasteiger partial charge < -0.3 is 10.3 Å². The maximum absolute atomic E-state index is 13.9. The van der Waals surface area contributed by atoms with Crippen LogP contribution in [0.4, 0.5) is 20.3 Å². The predicted molar refractivity (Wildman–Crippen MR) is 84.6 cm³/mol. The molecule has 0 saturated carbocycles. The molecule has 0 aliphatic carbocycles. The molecule has 0 saturated heterocycles. The average molecular weight is 324 g/mol. The van der Waals surface area contributed by atoms with E-state index in [-0.39, 0.29) is 11.5 Å². The third-order valence-corrected chi connectivity index (χ3v) is 3.49. The molecule has 0 unspecified atom stereocenters. The molecule has 0 bridgehead atoms. The fourth-order valence-corrected chi connectivity index (χ4v) is 2.40. The Morgan fingerprint density at radius 1 is 0.917 bits per heavy atom. The summed E-state index contributed by atoms with van der Waals surface area (Å²) in [5.41, 5.74) is 1.93. The van der Waals surface area contributed by atoms with Gasteiger partial charge in [0.25, 0.3) is 0 Å². The molecule has 8 heteroatoms. The van der Waals surface area contributed by atoms with Crippen LogP contribution in [-0.4, -0.2) is 24.9 Å². The highest BCUT2D eigenvalue weighted by Crippen LogP contribution is 2.31. The number of hydrogen-bond acceptors (Lipinski definition) is 5. The number of aromatic amines is 1. The Balaban J connectivity index is 1.86. The van der Waals surface area contributed by atoms with Crippen LogP contribution in [0.2, 0.25) is 0 Å². The fourth-order valence-electron chi connectivity index (χ4n) is 2.40. The van der Waals surface area contributed by atoms with Crippen LogP contribution in [0.1, 0.15) is 0 Å². The van der Waals surface area contributed by atoms with Crippen molar-refractivity contribution in [3.05, 3.63) is 60.8 Å². The molecular formula is C16H10F2N6. The first-order chi connectivity index (χ1) is 11.7. The Hall–Kier alpha value is -3.42. The largest absolute Gasteiger partial charge is 0.341 e. The number of hydrogen-bond donors (Lipinski definition) is 2. The zero-order valence-corrected chi connectivity index (χ0v) is 12.2. The van der Waals surface area contributed by atoms with Crippen LogP contribution in [0, 0.1) is 11.6 Å². The van der Waals surface area contributed by atoms with E-state index in [1.807, 2.05) is 0 Å². The molecular weight excluding hydrogens is 314 g/mol. The van der Waals surface area contributed by atoms with E-state index in [0.717, 1.165) is 0 Å². The molecule has 3 aromatic heterocycles. The molecule has 118 valence electrons. The number of rotatable bonds is 3. The molecule has 0 aliphatic heterocycles. The number of para-hydroxylation sites is 1. The second-order valence-electron chi connectivity index (χ2n) is 4.94. The fraction of sp³-hybridized carbons (Fsp3) is 0. The Kier molecular flexibility index (Phi) is 3.34. The third-order valence-electron chi connectivity index (χ3n) is 3.49. The normalized spacial score (nSPS) is 10.9. The summed E-state index contributed by atoms with van der Waals surface area (Å²) in [5.74, 6) is -1.14. The summed E-state index contributed by atoms with van der Waals surface area (Å²) in [6, 6.07) is 7.10. The first-order valence-corrected chi connectivity index (χ1v) is 7.04. The lowest BCUT2D eigenvalue weighted by molar-refractivity contribution is 0.590. The molecule has 1 aromatic carbocycles. The van der Waals surface area contributed by atoms with Gasteiger partial charge in [-0.25, -0.2) is 28.7 Å². The van der Waals surface area contributed by atoms with Crippen molar-refractivity contribution < 1.29 is 8.78 Å². The number of nitrogens with zero attached hydrogens (tertiary/aromatic N) is 4. The molecule has 0 atom stereocenters. The number of nitrogens with one attached hydrogen (secondary N) is 2. The van der Waals surface area contributed by atoms with E-state index in [1.54, 1.807) is 12.1 Å². The van der Waals surface area contributed by atoms with Crippen molar-refractivity contribution >= 4 is 22.7 Å². The van der Waals surface area contributed by atoms with Gasteiger partial charge in [-0.2, -0.15) is 0 Å². The number of pyridine rings is 1. The van der Waals surface area contributed by atoms with Gasteiger partial charge in [0.2, 0.25) is 0 Å². The van der Waals surface area contributed by atoms with Gasteiger partial charge in [0.15, 0.2) is 5.65 Å². The standard InChI is InChI=1S/C16H10F2N6/c17-10-4-1-5-11(18)13(10)24-15-9(3-2-6-19-15)12-14-16(22-7-20-12)23-8-21-14/h1-8H,(H,19,24)(H,20,21,22,23). The molecule has 4 aromatic rings. The first-order valence-electron chi connectivity index (χ1n) is 7.04. The van der Waals surface area contributed by atoms with Crippen molar-refractivity contribution in [3.63, 3.8) is 0 Å². The number of anilines is 2. The van der Waals surface area contributed by atoms with Crippen LogP contribution in [0.25, 0.3) is 22.4 Å². The maximum atomic E-state index is 13.9. The van der Waals surface area contributed by atoms with Gasteiger partial charge >= 0.3 is 0 Å². The highest BCUT2D eigenvalue weighted by atomic mass is 19.1. The van der Waals surface area contributed by atoms with Crippen LogP contribution in [0.15, 0.2) is 49.2 Å². The van der Waals surface area contributed by atoms with Crippen molar-refractivity contribution in [2.45, 2.75) is 0 Å². The molecule has 24 heavy (non-hydrogen) atoms. The number of benzene rings is 1. The lowest BCUT2D eigenvalue weighted by Crippen LogP contribution is -2.02. The Morgan fingerprint density at radius 3 is 2.58 bits per heavy atom. The van der Waals surface area contributed by atoms with E-state index in [4.69, 9.17) is 0 Å².